The monoisotopic (exact) mass is 460 g/mol. The largest absolute Gasteiger partial charge is 0.339 e. The van der Waals surface area contributed by atoms with Crippen LogP contribution in [0, 0.1) is 0 Å². The second kappa shape index (κ2) is 9.03. The maximum absolute atomic E-state index is 13.1. The molecule has 1 fully saturated rings. The number of fused-ring (bicyclic) bond motifs is 1. The van der Waals surface area contributed by atoms with Gasteiger partial charge in [-0.05, 0) is 55.7 Å². The van der Waals surface area contributed by atoms with E-state index in [1.807, 2.05) is 47.5 Å². The normalized spacial score (nSPS) is 16.5. The molecule has 0 radical (unpaired) electrons. The number of likely N-dealkylation sites (tertiary alicyclic amines) is 1. The van der Waals surface area contributed by atoms with Crippen LogP contribution in [0.3, 0.4) is 0 Å². The Kier molecular flexibility index (Phi) is 5.78. The van der Waals surface area contributed by atoms with Crippen LogP contribution in [0.1, 0.15) is 35.0 Å². The fourth-order valence-electron chi connectivity index (χ4n) is 4.32. The highest BCUT2D eigenvalue weighted by Gasteiger charge is 2.25. The summed E-state index contributed by atoms with van der Waals surface area (Å²) in [6, 6.07) is 13.5. The summed E-state index contributed by atoms with van der Waals surface area (Å²) in [5.41, 5.74) is 1.81. The van der Waals surface area contributed by atoms with E-state index in [2.05, 4.69) is 21.6 Å². The minimum atomic E-state index is -0.202. The smallest absolute Gasteiger partial charge is 0.268 e. The van der Waals surface area contributed by atoms with Gasteiger partial charge in [-0.25, -0.2) is 9.67 Å². The average molecular weight is 461 g/mol. The van der Waals surface area contributed by atoms with Crippen LogP contribution < -0.4 is 5.32 Å². The van der Waals surface area contributed by atoms with E-state index in [4.69, 9.17) is 4.98 Å². The number of thiophene rings is 1. The van der Waals surface area contributed by atoms with Gasteiger partial charge in [0.05, 0.1) is 15.9 Å². The molecule has 1 aliphatic heterocycles. The molecule has 0 spiro atoms. The minimum absolute atomic E-state index is 0.0367. The van der Waals surface area contributed by atoms with E-state index in [1.54, 1.807) is 16.9 Å². The van der Waals surface area contributed by atoms with Gasteiger partial charge in [0.15, 0.2) is 0 Å². The van der Waals surface area contributed by atoms with Crippen LogP contribution in [0.15, 0.2) is 67.5 Å². The van der Waals surface area contributed by atoms with Crippen molar-refractivity contribution in [1.29, 1.82) is 0 Å². The third kappa shape index (κ3) is 4.19. The molecule has 1 N–H and O–H groups in total. The third-order valence-electron chi connectivity index (χ3n) is 5.92. The summed E-state index contributed by atoms with van der Waals surface area (Å²) in [6.07, 6.45) is 7.48. The lowest BCUT2D eigenvalue weighted by Gasteiger charge is -2.21. The number of anilines is 1. The van der Waals surface area contributed by atoms with Gasteiger partial charge >= 0.3 is 0 Å². The van der Waals surface area contributed by atoms with Gasteiger partial charge in [0.2, 0.25) is 11.9 Å². The van der Waals surface area contributed by atoms with Crippen molar-refractivity contribution < 1.29 is 9.59 Å². The molecule has 33 heavy (non-hydrogen) atoms. The Bertz CT molecular complexity index is 1310. The van der Waals surface area contributed by atoms with Gasteiger partial charge in [0.25, 0.3) is 5.91 Å². The molecule has 4 aromatic rings. The zero-order valence-electron chi connectivity index (χ0n) is 18.1. The zero-order chi connectivity index (χ0) is 22.8. The number of aromatic nitrogens is 4. The van der Waals surface area contributed by atoms with Crippen molar-refractivity contribution in [2.24, 2.45) is 0 Å². The molecule has 4 heterocycles. The highest BCUT2D eigenvalue weighted by atomic mass is 32.1. The second-order valence-corrected chi connectivity index (χ2v) is 9.01. The molecule has 8 nitrogen and oxygen atoms in total. The number of benzene rings is 1. The van der Waals surface area contributed by atoms with Crippen LogP contribution in [-0.2, 0) is 4.79 Å². The van der Waals surface area contributed by atoms with Gasteiger partial charge in [-0.1, -0.05) is 18.7 Å². The summed E-state index contributed by atoms with van der Waals surface area (Å²) in [5, 5.41) is 8.13. The SMILES string of the molecule is C=CC(=O)N1CCC[C@@H](n2c(NC(=O)c3ccc(-n4cccn4)s3)nc3ccccc32)CC1. The van der Waals surface area contributed by atoms with Crippen molar-refractivity contribution in [3.8, 4) is 5.00 Å². The Morgan fingerprint density at radius 3 is 2.82 bits per heavy atom. The lowest BCUT2D eigenvalue weighted by Crippen LogP contribution is -2.30. The van der Waals surface area contributed by atoms with E-state index in [9.17, 15) is 9.59 Å². The molecule has 1 aliphatic rings. The van der Waals surface area contributed by atoms with E-state index in [1.165, 1.54) is 17.4 Å². The highest BCUT2D eigenvalue weighted by Crippen LogP contribution is 2.32. The van der Waals surface area contributed by atoms with Gasteiger partial charge in [-0.3, -0.25) is 14.9 Å². The maximum Gasteiger partial charge on any atom is 0.268 e. The van der Waals surface area contributed by atoms with Crippen molar-refractivity contribution >= 4 is 40.1 Å². The molecule has 1 saturated heterocycles. The molecule has 0 aliphatic carbocycles. The standard InChI is InChI=1S/C24H24N6O2S/c1-2-21(31)28-14-5-7-17(12-16-28)30-19-9-4-3-8-18(19)26-24(30)27-23(32)20-10-11-22(33-20)29-15-6-13-25-29/h2-4,6,8-11,13,15,17H,1,5,7,12,14,16H2,(H,26,27,32)/t17-/m1/s1. The van der Waals surface area contributed by atoms with Gasteiger partial charge in [-0.15, -0.1) is 11.3 Å². The van der Waals surface area contributed by atoms with E-state index < -0.39 is 0 Å². The topological polar surface area (TPSA) is 85.0 Å². The fraction of sp³-hybridized carbons (Fsp3) is 0.250. The Morgan fingerprint density at radius 2 is 2.00 bits per heavy atom. The summed E-state index contributed by atoms with van der Waals surface area (Å²) < 4.78 is 3.86. The number of amides is 2. The minimum Gasteiger partial charge on any atom is -0.339 e. The van der Waals surface area contributed by atoms with Crippen LogP contribution in [0.5, 0.6) is 0 Å². The molecular formula is C24H24N6O2S. The quantitative estimate of drug-likeness (QED) is 0.451. The Balaban J connectivity index is 1.43. The number of hydrogen-bond acceptors (Lipinski definition) is 5. The number of para-hydroxylation sites is 2. The Labute approximate surface area is 195 Å². The van der Waals surface area contributed by atoms with E-state index in [0.29, 0.717) is 23.9 Å². The number of carbonyl (C=O) groups is 2. The van der Waals surface area contributed by atoms with Crippen LogP contribution >= 0.6 is 11.3 Å². The first kappa shape index (κ1) is 21.1. The number of nitrogens with zero attached hydrogens (tertiary/aromatic N) is 5. The number of rotatable bonds is 5. The molecule has 0 saturated carbocycles. The van der Waals surface area contributed by atoms with Gasteiger partial charge in [0, 0.05) is 31.5 Å². The summed E-state index contributed by atoms with van der Waals surface area (Å²) in [6.45, 7) is 4.97. The van der Waals surface area contributed by atoms with Crippen LogP contribution in [0.4, 0.5) is 5.95 Å². The van der Waals surface area contributed by atoms with Gasteiger partial charge in [-0.2, -0.15) is 5.10 Å². The molecule has 3 aromatic heterocycles. The molecule has 2 amide bonds. The van der Waals surface area contributed by atoms with Gasteiger partial charge < -0.3 is 9.47 Å². The fourth-order valence-corrected chi connectivity index (χ4v) is 5.17. The van der Waals surface area contributed by atoms with Crippen LogP contribution in [0.2, 0.25) is 0 Å². The molecule has 9 heteroatoms. The Morgan fingerprint density at radius 1 is 1.12 bits per heavy atom. The third-order valence-corrected chi connectivity index (χ3v) is 6.99. The molecule has 5 rings (SSSR count). The van der Waals surface area contributed by atoms with Crippen molar-refractivity contribution in [3.63, 3.8) is 0 Å². The molecule has 0 bridgehead atoms. The predicted octanol–water partition coefficient (Wildman–Crippen LogP) is 4.28. The average Bonchev–Trinajstić information content (AvgIpc) is 3.56. The van der Waals surface area contributed by atoms with Gasteiger partial charge in [0.1, 0.15) is 5.00 Å². The molecule has 1 aromatic carbocycles. The number of hydrogen-bond donors (Lipinski definition) is 1. The van der Waals surface area contributed by atoms with Crippen molar-refractivity contribution in [3.05, 3.63) is 72.4 Å². The van der Waals surface area contributed by atoms with E-state index in [-0.39, 0.29) is 17.9 Å². The predicted molar refractivity (Wildman–Crippen MR) is 129 cm³/mol. The lowest BCUT2D eigenvalue weighted by molar-refractivity contribution is -0.125. The second-order valence-electron chi connectivity index (χ2n) is 7.95. The highest BCUT2D eigenvalue weighted by molar-refractivity contribution is 7.16. The summed E-state index contributed by atoms with van der Waals surface area (Å²) in [4.78, 5) is 32.4. The molecule has 0 unspecified atom stereocenters. The molecular weight excluding hydrogens is 436 g/mol. The first-order valence-corrected chi connectivity index (χ1v) is 11.7. The summed E-state index contributed by atoms with van der Waals surface area (Å²) in [5.74, 6) is 0.293. The van der Waals surface area contributed by atoms with E-state index >= 15 is 0 Å². The summed E-state index contributed by atoms with van der Waals surface area (Å²) >= 11 is 1.37. The maximum atomic E-state index is 13.1. The first-order chi connectivity index (χ1) is 16.1. The molecule has 1 atom stereocenters. The first-order valence-electron chi connectivity index (χ1n) is 10.9. The zero-order valence-corrected chi connectivity index (χ0v) is 18.9. The van der Waals surface area contributed by atoms with Crippen molar-refractivity contribution in [1.82, 2.24) is 24.2 Å². The number of imidazole rings is 1. The van der Waals surface area contributed by atoms with Crippen LogP contribution in [0.25, 0.3) is 16.0 Å². The lowest BCUT2D eigenvalue weighted by atomic mass is 10.1. The van der Waals surface area contributed by atoms with Crippen molar-refractivity contribution in [2.75, 3.05) is 18.4 Å². The number of carbonyl (C=O) groups excluding carboxylic acids is 2. The molecule has 168 valence electrons. The van der Waals surface area contributed by atoms with Crippen LogP contribution in [-0.4, -0.2) is 49.1 Å². The number of nitrogens with one attached hydrogen (secondary N) is 1. The van der Waals surface area contributed by atoms with E-state index in [0.717, 1.165) is 35.3 Å². The Hall–Kier alpha value is -3.72. The summed E-state index contributed by atoms with van der Waals surface area (Å²) in [7, 11) is 0. The van der Waals surface area contributed by atoms with Crippen molar-refractivity contribution in [2.45, 2.75) is 25.3 Å².